The van der Waals surface area contributed by atoms with Gasteiger partial charge in [-0.3, -0.25) is 0 Å². The van der Waals surface area contributed by atoms with Gasteiger partial charge in [0.2, 0.25) is 0 Å². The Morgan fingerprint density at radius 1 is 1.67 bits per heavy atom. The van der Waals surface area contributed by atoms with Gasteiger partial charge in [0, 0.05) is 13.0 Å². The fourth-order valence-electron chi connectivity index (χ4n) is 0.257. The first kappa shape index (κ1) is 8.60. The lowest BCUT2D eigenvalue weighted by molar-refractivity contribution is 0.358. The van der Waals surface area contributed by atoms with Gasteiger partial charge < -0.3 is 9.79 Å². The second-order valence-corrected chi connectivity index (χ2v) is 2.76. The molecule has 9 heavy (non-hydrogen) atoms. The number of hydrogen-bond donors (Lipinski definition) is 3. The van der Waals surface area contributed by atoms with Crippen molar-refractivity contribution in [2.24, 2.45) is 0 Å². The molecule has 0 heterocycles. The van der Waals surface area contributed by atoms with Crippen LogP contribution in [-0.4, -0.2) is 16.3 Å². The minimum atomic E-state index is -4.10. The maximum absolute atomic E-state index is 9.98. The summed E-state index contributed by atoms with van der Waals surface area (Å²) >= 11 is 0. The zero-order valence-corrected chi connectivity index (χ0v) is 5.51. The average Bonchev–Trinajstić information content (AvgIpc) is 1.63. The number of nitrogens with one attached hydrogen (secondary N) is 1. The molecule has 3 N–H and O–H groups in total. The van der Waals surface area contributed by atoms with E-state index in [1.54, 1.807) is 6.07 Å². The fourth-order valence-corrected chi connectivity index (χ4v) is 0.661. The summed E-state index contributed by atoms with van der Waals surface area (Å²) in [4.78, 5) is 16.3. The minimum absolute atomic E-state index is 0.0285. The SMILES string of the molecule is N#CCCNP(=O)(O)O. The summed E-state index contributed by atoms with van der Waals surface area (Å²) < 4.78 is 9.98. The van der Waals surface area contributed by atoms with E-state index in [9.17, 15) is 4.57 Å². The molecule has 0 bridgehead atoms. The fraction of sp³-hybridized carbons (Fsp3) is 0.667. The Morgan fingerprint density at radius 2 is 2.22 bits per heavy atom. The molecule has 0 amide bonds. The van der Waals surface area contributed by atoms with Crippen LogP contribution < -0.4 is 5.09 Å². The van der Waals surface area contributed by atoms with Crippen LogP contribution in [0.5, 0.6) is 0 Å². The second kappa shape index (κ2) is 3.59. The molecular formula is C3H7N2O3P. The first-order chi connectivity index (χ1) is 4.06. The van der Waals surface area contributed by atoms with E-state index in [0.717, 1.165) is 0 Å². The lowest BCUT2D eigenvalue weighted by atomic mass is 10.5. The Kier molecular flexibility index (Phi) is 3.43. The third kappa shape index (κ3) is 7.60. The number of rotatable bonds is 3. The molecule has 5 nitrogen and oxygen atoms in total. The summed E-state index contributed by atoms with van der Waals surface area (Å²) in [6, 6.07) is 1.73. The molecule has 0 aliphatic carbocycles. The van der Waals surface area contributed by atoms with Crippen LogP contribution in [0.2, 0.25) is 0 Å². The summed E-state index contributed by atoms with van der Waals surface area (Å²) in [6.07, 6.45) is 0.102. The lowest BCUT2D eigenvalue weighted by Crippen LogP contribution is -2.10. The topological polar surface area (TPSA) is 93.4 Å². The van der Waals surface area contributed by atoms with Gasteiger partial charge in [-0.15, -0.1) is 0 Å². The molecule has 0 fully saturated rings. The molecule has 0 spiro atoms. The van der Waals surface area contributed by atoms with E-state index in [1.807, 2.05) is 5.09 Å². The zero-order valence-electron chi connectivity index (χ0n) is 4.61. The van der Waals surface area contributed by atoms with Crippen molar-refractivity contribution < 1.29 is 14.4 Å². The van der Waals surface area contributed by atoms with E-state index in [0.29, 0.717) is 0 Å². The van der Waals surface area contributed by atoms with Gasteiger partial charge in [0.25, 0.3) is 0 Å². The van der Waals surface area contributed by atoms with Crippen LogP contribution >= 0.6 is 7.75 Å². The standard InChI is InChI=1S/C3H7N2O3P/c4-2-1-3-5-9(6,7)8/h1,3H2,(H3,5,6,7,8). The maximum atomic E-state index is 9.98. The van der Waals surface area contributed by atoms with Crippen LogP contribution in [0.25, 0.3) is 0 Å². The normalized spacial score (nSPS) is 10.8. The van der Waals surface area contributed by atoms with Gasteiger partial charge in [-0.2, -0.15) is 5.26 Å². The molecule has 0 aliphatic heterocycles. The highest BCUT2D eigenvalue weighted by Crippen LogP contribution is 2.27. The third-order valence-corrected chi connectivity index (χ3v) is 1.19. The molecule has 0 radical (unpaired) electrons. The van der Waals surface area contributed by atoms with E-state index >= 15 is 0 Å². The van der Waals surface area contributed by atoms with Gasteiger partial charge in [-0.25, -0.2) is 9.65 Å². The van der Waals surface area contributed by atoms with Crippen LogP contribution in [0, 0.1) is 11.3 Å². The van der Waals surface area contributed by atoms with E-state index in [4.69, 9.17) is 15.0 Å². The summed E-state index contributed by atoms with van der Waals surface area (Å²) in [7, 11) is -4.10. The quantitative estimate of drug-likeness (QED) is 0.375. The predicted molar refractivity (Wildman–Crippen MR) is 30.3 cm³/mol. The third-order valence-electron chi connectivity index (χ3n) is 0.555. The summed E-state index contributed by atoms with van der Waals surface area (Å²) in [6.45, 7) is 0.0285. The van der Waals surface area contributed by atoms with Crippen LogP contribution in [0.3, 0.4) is 0 Å². The van der Waals surface area contributed by atoms with Crippen molar-refractivity contribution >= 4 is 7.75 Å². The van der Waals surface area contributed by atoms with Crippen LogP contribution in [0.1, 0.15) is 6.42 Å². The Morgan fingerprint density at radius 3 is 2.56 bits per heavy atom. The highest BCUT2D eigenvalue weighted by Gasteiger charge is 2.08. The number of nitriles is 1. The van der Waals surface area contributed by atoms with E-state index < -0.39 is 7.75 Å². The van der Waals surface area contributed by atoms with Crippen LogP contribution in [-0.2, 0) is 4.57 Å². The van der Waals surface area contributed by atoms with E-state index in [-0.39, 0.29) is 13.0 Å². The number of nitrogens with zero attached hydrogens (tertiary/aromatic N) is 1. The molecular weight excluding hydrogens is 143 g/mol. The van der Waals surface area contributed by atoms with Crippen molar-refractivity contribution in [3.63, 3.8) is 0 Å². The van der Waals surface area contributed by atoms with Gasteiger partial charge in [0.05, 0.1) is 6.07 Å². The van der Waals surface area contributed by atoms with Crippen molar-refractivity contribution in [2.45, 2.75) is 6.42 Å². The Hall–Kier alpha value is -0.400. The molecule has 0 saturated carbocycles. The first-order valence-electron chi connectivity index (χ1n) is 2.24. The molecule has 0 aromatic carbocycles. The van der Waals surface area contributed by atoms with Crippen molar-refractivity contribution in [3.8, 4) is 6.07 Å². The van der Waals surface area contributed by atoms with Gasteiger partial charge >= 0.3 is 7.75 Å². The van der Waals surface area contributed by atoms with Crippen LogP contribution in [0.15, 0.2) is 0 Å². The Balaban J connectivity index is 3.32. The zero-order chi connectivity index (χ0) is 7.33. The van der Waals surface area contributed by atoms with Gasteiger partial charge in [0.1, 0.15) is 0 Å². The minimum Gasteiger partial charge on any atom is -0.313 e. The van der Waals surface area contributed by atoms with E-state index in [1.165, 1.54) is 0 Å². The Bertz CT molecular complexity index is 157. The predicted octanol–water partition coefficient (Wildman–Crippen LogP) is -0.418. The molecule has 0 unspecified atom stereocenters. The highest BCUT2D eigenvalue weighted by atomic mass is 31.2. The molecule has 52 valence electrons. The monoisotopic (exact) mass is 150 g/mol. The molecule has 0 aliphatic rings. The smallest absolute Gasteiger partial charge is 0.313 e. The van der Waals surface area contributed by atoms with Crippen molar-refractivity contribution in [1.29, 1.82) is 5.26 Å². The van der Waals surface area contributed by atoms with Crippen LogP contribution in [0.4, 0.5) is 0 Å². The molecule has 0 aromatic heterocycles. The first-order valence-corrected chi connectivity index (χ1v) is 3.85. The number of hydrogen-bond acceptors (Lipinski definition) is 2. The van der Waals surface area contributed by atoms with Crippen molar-refractivity contribution in [3.05, 3.63) is 0 Å². The molecule has 0 aromatic rings. The van der Waals surface area contributed by atoms with Gasteiger partial charge in [0.15, 0.2) is 0 Å². The molecule has 0 saturated heterocycles. The van der Waals surface area contributed by atoms with Gasteiger partial charge in [-0.05, 0) is 0 Å². The molecule has 0 atom stereocenters. The average molecular weight is 150 g/mol. The van der Waals surface area contributed by atoms with Crippen molar-refractivity contribution in [2.75, 3.05) is 6.54 Å². The molecule has 0 rings (SSSR count). The lowest BCUT2D eigenvalue weighted by Gasteiger charge is -2.01. The second-order valence-electron chi connectivity index (χ2n) is 1.36. The highest BCUT2D eigenvalue weighted by molar-refractivity contribution is 7.49. The Labute approximate surface area is 52.5 Å². The largest absolute Gasteiger partial charge is 0.400 e. The summed E-state index contributed by atoms with van der Waals surface area (Å²) in [5.41, 5.74) is 0. The van der Waals surface area contributed by atoms with Gasteiger partial charge in [-0.1, -0.05) is 0 Å². The summed E-state index contributed by atoms with van der Waals surface area (Å²) in [5, 5.41) is 9.79. The van der Waals surface area contributed by atoms with E-state index in [2.05, 4.69) is 0 Å². The summed E-state index contributed by atoms with van der Waals surface area (Å²) in [5.74, 6) is 0. The molecule has 6 heteroatoms. The maximum Gasteiger partial charge on any atom is 0.400 e. The van der Waals surface area contributed by atoms with Crippen molar-refractivity contribution in [1.82, 2.24) is 5.09 Å².